The van der Waals surface area contributed by atoms with Crippen molar-refractivity contribution in [3.05, 3.63) is 41.4 Å². The van der Waals surface area contributed by atoms with Crippen molar-refractivity contribution in [1.29, 1.82) is 0 Å². The summed E-state index contributed by atoms with van der Waals surface area (Å²) in [6, 6.07) is 4.93. The number of carbonyl (C=O) groups is 1. The Morgan fingerprint density at radius 3 is 2.88 bits per heavy atom. The van der Waals surface area contributed by atoms with Crippen LogP contribution < -0.4 is 0 Å². The van der Waals surface area contributed by atoms with Gasteiger partial charge in [-0.1, -0.05) is 11.6 Å². The third-order valence-electron chi connectivity index (χ3n) is 2.04. The molecule has 82 valence electrons. The first-order chi connectivity index (χ1) is 7.72. The van der Waals surface area contributed by atoms with Gasteiger partial charge in [0.2, 0.25) is 0 Å². The summed E-state index contributed by atoms with van der Waals surface area (Å²) >= 11 is 5.96. The minimum Gasteiger partial charge on any atom is -0.465 e. The number of carbonyl (C=O) groups excluding carboxylic acids is 1. The number of ether oxygens (including phenoxy) is 1. The largest absolute Gasteiger partial charge is 0.465 e. The average molecular weight is 238 g/mol. The van der Waals surface area contributed by atoms with Gasteiger partial charge in [0, 0.05) is 0 Å². The number of methoxy groups -OCH3 is 1. The van der Waals surface area contributed by atoms with Gasteiger partial charge in [-0.25, -0.2) is 14.5 Å². The monoisotopic (exact) mass is 237 g/mol. The molecule has 0 aliphatic rings. The molecule has 0 saturated carbocycles. The fourth-order valence-electron chi connectivity index (χ4n) is 1.26. The molecule has 0 saturated heterocycles. The van der Waals surface area contributed by atoms with Gasteiger partial charge in [-0.3, -0.25) is 0 Å². The van der Waals surface area contributed by atoms with Crippen LogP contribution in [0.5, 0.6) is 0 Å². The van der Waals surface area contributed by atoms with E-state index in [1.54, 1.807) is 29.2 Å². The zero-order chi connectivity index (χ0) is 11.5. The van der Waals surface area contributed by atoms with Crippen LogP contribution in [0.2, 0.25) is 5.02 Å². The summed E-state index contributed by atoms with van der Waals surface area (Å²) < 4.78 is 6.14. The van der Waals surface area contributed by atoms with Gasteiger partial charge in [0.25, 0.3) is 0 Å². The van der Waals surface area contributed by atoms with Crippen LogP contribution in [0.4, 0.5) is 0 Å². The summed E-state index contributed by atoms with van der Waals surface area (Å²) in [7, 11) is 1.31. The van der Waals surface area contributed by atoms with Crippen molar-refractivity contribution in [1.82, 2.24) is 14.8 Å². The SMILES string of the molecule is COC(=O)c1ccc(-n2cncn2)cc1Cl. The molecule has 16 heavy (non-hydrogen) atoms. The summed E-state index contributed by atoms with van der Waals surface area (Å²) in [6.45, 7) is 0. The zero-order valence-electron chi connectivity index (χ0n) is 8.42. The summed E-state index contributed by atoms with van der Waals surface area (Å²) in [4.78, 5) is 15.1. The van der Waals surface area contributed by atoms with Gasteiger partial charge in [0.15, 0.2) is 0 Å². The van der Waals surface area contributed by atoms with E-state index in [0.29, 0.717) is 10.6 Å². The van der Waals surface area contributed by atoms with Crippen molar-refractivity contribution in [3.8, 4) is 5.69 Å². The Kier molecular flexibility index (Phi) is 2.87. The maximum Gasteiger partial charge on any atom is 0.339 e. The number of rotatable bonds is 2. The van der Waals surface area contributed by atoms with E-state index in [9.17, 15) is 4.79 Å². The van der Waals surface area contributed by atoms with Crippen LogP contribution in [0, 0.1) is 0 Å². The van der Waals surface area contributed by atoms with E-state index < -0.39 is 5.97 Å². The lowest BCUT2D eigenvalue weighted by Gasteiger charge is -2.05. The minimum atomic E-state index is -0.463. The molecule has 2 aromatic rings. The molecule has 1 aromatic heterocycles. The third kappa shape index (κ3) is 1.90. The fraction of sp³-hybridized carbons (Fsp3) is 0.100. The van der Waals surface area contributed by atoms with Gasteiger partial charge in [-0.05, 0) is 18.2 Å². The predicted molar refractivity (Wildman–Crippen MR) is 57.7 cm³/mol. The highest BCUT2D eigenvalue weighted by molar-refractivity contribution is 6.33. The lowest BCUT2D eigenvalue weighted by atomic mass is 10.2. The second kappa shape index (κ2) is 4.32. The highest BCUT2D eigenvalue weighted by atomic mass is 35.5. The van der Waals surface area contributed by atoms with Crippen LogP contribution in [0.3, 0.4) is 0 Å². The number of esters is 1. The molecular formula is C10H8ClN3O2. The van der Waals surface area contributed by atoms with Crippen LogP contribution in [0.25, 0.3) is 5.69 Å². The Balaban J connectivity index is 2.41. The molecule has 0 bridgehead atoms. The van der Waals surface area contributed by atoms with Crippen LogP contribution in [0.15, 0.2) is 30.9 Å². The topological polar surface area (TPSA) is 57.0 Å². The van der Waals surface area contributed by atoms with Crippen molar-refractivity contribution in [2.45, 2.75) is 0 Å². The molecule has 1 heterocycles. The van der Waals surface area contributed by atoms with E-state index in [1.165, 1.54) is 13.4 Å². The lowest BCUT2D eigenvalue weighted by molar-refractivity contribution is 0.0601. The van der Waals surface area contributed by atoms with Crippen molar-refractivity contribution in [2.24, 2.45) is 0 Å². The molecule has 0 spiro atoms. The lowest BCUT2D eigenvalue weighted by Crippen LogP contribution is -2.03. The third-order valence-corrected chi connectivity index (χ3v) is 2.35. The van der Waals surface area contributed by atoms with Gasteiger partial charge in [0.1, 0.15) is 12.7 Å². The van der Waals surface area contributed by atoms with Crippen molar-refractivity contribution >= 4 is 17.6 Å². The second-order valence-electron chi connectivity index (χ2n) is 3.00. The maximum absolute atomic E-state index is 11.3. The molecule has 2 rings (SSSR count). The number of hydrogen-bond acceptors (Lipinski definition) is 4. The molecule has 0 fully saturated rings. The Morgan fingerprint density at radius 1 is 1.50 bits per heavy atom. The number of halogens is 1. The van der Waals surface area contributed by atoms with Crippen molar-refractivity contribution in [2.75, 3.05) is 7.11 Å². The fourth-order valence-corrected chi connectivity index (χ4v) is 1.52. The summed E-state index contributed by atoms with van der Waals surface area (Å²) in [5.74, 6) is -0.463. The normalized spacial score (nSPS) is 10.1. The highest BCUT2D eigenvalue weighted by Crippen LogP contribution is 2.20. The number of aromatic nitrogens is 3. The van der Waals surface area contributed by atoms with E-state index in [0.717, 1.165) is 5.69 Å². The molecule has 0 aliphatic carbocycles. The number of benzene rings is 1. The smallest absolute Gasteiger partial charge is 0.339 e. The van der Waals surface area contributed by atoms with Gasteiger partial charge in [-0.2, -0.15) is 5.10 Å². The van der Waals surface area contributed by atoms with Crippen molar-refractivity contribution < 1.29 is 9.53 Å². The van der Waals surface area contributed by atoms with Gasteiger partial charge < -0.3 is 4.74 Å². The molecule has 0 unspecified atom stereocenters. The van der Waals surface area contributed by atoms with E-state index in [2.05, 4.69) is 14.8 Å². The molecule has 0 amide bonds. The Labute approximate surface area is 96.6 Å². The van der Waals surface area contributed by atoms with E-state index >= 15 is 0 Å². The predicted octanol–water partition coefficient (Wildman–Crippen LogP) is 1.71. The maximum atomic E-state index is 11.3. The van der Waals surface area contributed by atoms with Crippen LogP contribution in [-0.4, -0.2) is 27.8 Å². The molecule has 0 atom stereocenters. The Bertz CT molecular complexity index is 511. The summed E-state index contributed by atoms with van der Waals surface area (Å²) in [5, 5.41) is 4.27. The molecule has 6 heteroatoms. The molecule has 0 radical (unpaired) electrons. The Morgan fingerprint density at radius 2 is 2.31 bits per heavy atom. The van der Waals surface area contributed by atoms with Crippen LogP contribution >= 0.6 is 11.6 Å². The molecule has 0 N–H and O–H groups in total. The van der Waals surface area contributed by atoms with E-state index in [4.69, 9.17) is 11.6 Å². The standard InChI is InChI=1S/C10H8ClN3O2/c1-16-10(15)8-3-2-7(4-9(8)11)14-6-12-5-13-14/h2-6H,1H3. The first-order valence-electron chi connectivity index (χ1n) is 4.45. The quantitative estimate of drug-likeness (QED) is 0.746. The molecule has 5 nitrogen and oxygen atoms in total. The number of hydrogen-bond donors (Lipinski definition) is 0. The molecule has 1 aromatic carbocycles. The zero-order valence-corrected chi connectivity index (χ0v) is 9.18. The highest BCUT2D eigenvalue weighted by Gasteiger charge is 2.11. The van der Waals surface area contributed by atoms with Gasteiger partial charge in [0.05, 0.1) is 23.4 Å². The second-order valence-corrected chi connectivity index (χ2v) is 3.40. The summed E-state index contributed by atoms with van der Waals surface area (Å²) in [5.41, 5.74) is 1.06. The molecular weight excluding hydrogens is 230 g/mol. The van der Waals surface area contributed by atoms with Gasteiger partial charge in [-0.15, -0.1) is 0 Å². The van der Waals surface area contributed by atoms with Crippen molar-refractivity contribution in [3.63, 3.8) is 0 Å². The van der Waals surface area contributed by atoms with Crippen LogP contribution in [-0.2, 0) is 4.74 Å². The van der Waals surface area contributed by atoms with Crippen LogP contribution in [0.1, 0.15) is 10.4 Å². The first-order valence-corrected chi connectivity index (χ1v) is 4.83. The van der Waals surface area contributed by atoms with Gasteiger partial charge >= 0.3 is 5.97 Å². The molecule has 0 aliphatic heterocycles. The van der Waals surface area contributed by atoms with E-state index in [1.807, 2.05) is 0 Å². The Hall–Kier alpha value is -1.88. The van der Waals surface area contributed by atoms with E-state index in [-0.39, 0.29) is 0 Å². The minimum absolute atomic E-state index is 0.319. The first kappa shape index (κ1) is 10.6. The number of nitrogens with zero attached hydrogens (tertiary/aromatic N) is 3. The average Bonchev–Trinajstić information content (AvgIpc) is 2.81. The summed E-state index contributed by atoms with van der Waals surface area (Å²) in [6.07, 6.45) is 2.96.